The first kappa shape index (κ1) is 23.8. The summed E-state index contributed by atoms with van der Waals surface area (Å²) >= 11 is 0. The Balaban J connectivity index is 1.56. The van der Waals surface area contributed by atoms with Crippen LogP contribution in [0.3, 0.4) is 0 Å². The third-order valence-electron chi connectivity index (χ3n) is 8.04. The molecule has 2 aliphatic heterocycles. The summed E-state index contributed by atoms with van der Waals surface area (Å²) in [6.45, 7) is 4.39. The van der Waals surface area contributed by atoms with Gasteiger partial charge < -0.3 is 18.9 Å². The second-order valence-electron chi connectivity index (χ2n) is 10.4. The van der Waals surface area contributed by atoms with E-state index < -0.39 is 0 Å². The molecule has 0 saturated carbocycles. The summed E-state index contributed by atoms with van der Waals surface area (Å²) in [6.07, 6.45) is 7.99. The average Bonchev–Trinajstić information content (AvgIpc) is 3.37. The molecule has 1 fully saturated rings. The van der Waals surface area contributed by atoms with Gasteiger partial charge in [0.25, 0.3) is 5.56 Å². The molecule has 192 valence electrons. The van der Waals surface area contributed by atoms with Crippen LogP contribution >= 0.6 is 0 Å². The molecule has 2 aromatic heterocycles. The summed E-state index contributed by atoms with van der Waals surface area (Å²) in [5.41, 5.74) is 8.85. The summed E-state index contributed by atoms with van der Waals surface area (Å²) in [5, 5.41) is 5.48. The van der Waals surface area contributed by atoms with E-state index in [1.165, 1.54) is 16.8 Å². The van der Waals surface area contributed by atoms with Crippen LogP contribution in [0.15, 0.2) is 47.5 Å². The maximum Gasteiger partial charge on any atom is 0.253 e. The predicted octanol–water partition coefficient (Wildman–Crippen LogP) is 5.23. The van der Waals surface area contributed by atoms with Crippen molar-refractivity contribution in [2.24, 2.45) is 14.1 Å². The summed E-state index contributed by atoms with van der Waals surface area (Å²) in [6, 6.07) is 11.1. The van der Waals surface area contributed by atoms with Crippen LogP contribution in [0, 0.1) is 6.92 Å². The van der Waals surface area contributed by atoms with Crippen molar-refractivity contribution in [3.05, 3.63) is 69.8 Å². The van der Waals surface area contributed by atoms with Gasteiger partial charge in [-0.25, -0.2) is 0 Å². The number of aromatic nitrogens is 3. The van der Waals surface area contributed by atoms with E-state index in [1.54, 1.807) is 7.11 Å². The van der Waals surface area contributed by atoms with Crippen molar-refractivity contribution in [2.75, 3.05) is 31.8 Å². The number of benzene rings is 2. The minimum atomic E-state index is 0.0596. The fraction of sp³-hybridized carbons (Fsp3) is 0.400. The van der Waals surface area contributed by atoms with E-state index in [-0.39, 0.29) is 5.56 Å². The van der Waals surface area contributed by atoms with Crippen molar-refractivity contribution in [1.82, 2.24) is 14.3 Å². The number of pyridine rings is 1. The van der Waals surface area contributed by atoms with Crippen LogP contribution in [0.4, 0.5) is 11.4 Å². The van der Waals surface area contributed by atoms with Crippen molar-refractivity contribution in [3.63, 3.8) is 0 Å². The maximum atomic E-state index is 12.9. The zero-order chi connectivity index (χ0) is 25.7. The molecule has 0 unspecified atom stereocenters. The summed E-state index contributed by atoms with van der Waals surface area (Å²) in [5.74, 6) is 1.27. The third-order valence-corrected chi connectivity index (χ3v) is 8.04. The van der Waals surface area contributed by atoms with Crippen LogP contribution < -0.4 is 15.2 Å². The van der Waals surface area contributed by atoms with Crippen LogP contribution in [-0.2, 0) is 25.3 Å². The highest BCUT2D eigenvalue weighted by atomic mass is 16.5. The number of ether oxygens (including phenoxy) is 2. The lowest BCUT2D eigenvalue weighted by atomic mass is 9.89. The molecule has 2 aromatic carbocycles. The van der Waals surface area contributed by atoms with Gasteiger partial charge in [-0.2, -0.15) is 5.10 Å². The molecule has 6 rings (SSSR count). The number of rotatable bonds is 4. The quantitative estimate of drug-likeness (QED) is 0.385. The normalized spacial score (nSPS) is 16.3. The Labute approximate surface area is 217 Å². The van der Waals surface area contributed by atoms with E-state index in [4.69, 9.17) is 9.47 Å². The Morgan fingerprint density at radius 1 is 1.05 bits per heavy atom. The van der Waals surface area contributed by atoms with Crippen molar-refractivity contribution >= 4 is 22.3 Å². The number of aryl methyl sites for hydroxylation is 4. The highest BCUT2D eigenvalue weighted by molar-refractivity contribution is 5.96. The topological polar surface area (TPSA) is 61.5 Å². The average molecular weight is 499 g/mol. The number of hydrogen-bond donors (Lipinski definition) is 0. The van der Waals surface area contributed by atoms with Gasteiger partial charge in [0.1, 0.15) is 5.75 Å². The third kappa shape index (κ3) is 4.11. The van der Waals surface area contributed by atoms with Gasteiger partial charge >= 0.3 is 0 Å². The molecule has 1 saturated heterocycles. The van der Waals surface area contributed by atoms with Gasteiger partial charge in [-0.3, -0.25) is 9.48 Å². The molecule has 0 spiro atoms. The predicted molar refractivity (Wildman–Crippen MR) is 147 cm³/mol. The molecule has 7 nitrogen and oxygen atoms in total. The van der Waals surface area contributed by atoms with Crippen molar-refractivity contribution in [1.29, 1.82) is 0 Å². The number of hydrogen-bond acceptors (Lipinski definition) is 5. The summed E-state index contributed by atoms with van der Waals surface area (Å²) in [7, 11) is 5.56. The van der Waals surface area contributed by atoms with Crippen LogP contribution in [0.2, 0.25) is 0 Å². The van der Waals surface area contributed by atoms with E-state index in [0.29, 0.717) is 5.92 Å². The van der Waals surface area contributed by atoms with Crippen LogP contribution in [-0.4, -0.2) is 41.2 Å². The van der Waals surface area contributed by atoms with E-state index in [0.717, 1.165) is 84.5 Å². The van der Waals surface area contributed by atoms with Crippen LogP contribution in [0.5, 0.6) is 5.75 Å². The molecule has 0 aliphatic carbocycles. The first-order chi connectivity index (χ1) is 17.9. The SMILES string of the molecule is COc1cc2c(cc1-c1cnn(C)c1)CCCN2c1cc(C2CCOCC2)cc2c1cc(C)c(=O)n2C. The van der Waals surface area contributed by atoms with Gasteiger partial charge in [0, 0.05) is 73.9 Å². The molecule has 7 heteroatoms. The summed E-state index contributed by atoms with van der Waals surface area (Å²) < 4.78 is 15.2. The molecule has 0 radical (unpaired) electrons. The van der Waals surface area contributed by atoms with Gasteiger partial charge in [0.2, 0.25) is 0 Å². The van der Waals surface area contributed by atoms with E-state index in [9.17, 15) is 4.79 Å². The highest BCUT2D eigenvalue weighted by Crippen LogP contribution is 2.44. The second kappa shape index (κ2) is 9.38. The van der Waals surface area contributed by atoms with Gasteiger partial charge in [-0.05, 0) is 73.9 Å². The summed E-state index contributed by atoms with van der Waals surface area (Å²) in [4.78, 5) is 15.4. The number of fused-ring (bicyclic) bond motifs is 2. The lowest BCUT2D eigenvalue weighted by Crippen LogP contribution is -2.26. The first-order valence-electron chi connectivity index (χ1n) is 13.1. The number of anilines is 2. The lowest BCUT2D eigenvalue weighted by molar-refractivity contribution is 0.0853. The highest BCUT2D eigenvalue weighted by Gasteiger charge is 2.26. The fourth-order valence-corrected chi connectivity index (χ4v) is 6.03. The lowest BCUT2D eigenvalue weighted by Gasteiger charge is -2.34. The van der Waals surface area contributed by atoms with Crippen LogP contribution in [0.25, 0.3) is 22.0 Å². The molecule has 2 aliphatic rings. The smallest absolute Gasteiger partial charge is 0.253 e. The maximum absolute atomic E-state index is 12.9. The number of nitrogens with zero attached hydrogens (tertiary/aromatic N) is 4. The second-order valence-corrected chi connectivity index (χ2v) is 10.4. The van der Waals surface area contributed by atoms with Crippen molar-refractivity contribution < 1.29 is 9.47 Å². The Hall–Kier alpha value is -3.58. The van der Waals surface area contributed by atoms with Gasteiger partial charge in [0.15, 0.2) is 0 Å². The molecule has 0 N–H and O–H groups in total. The Morgan fingerprint density at radius 2 is 1.86 bits per heavy atom. The monoisotopic (exact) mass is 498 g/mol. The number of methoxy groups -OCH3 is 1. The molecule has 0 amide bonds. The molecule has 4 aromatic rings. The molecular weight excluding hydrogens is 464 g/mol. The van der Waals surface area contributed by atoms with Gasteiger partial charge in [-0.15, -0.1) is 0 Å². The molecule has 0 bridgehead atoms. The minimum Gasteiger partial charge on any atom is -0.496 e. The molecule has 37 heavy (non-hydrogen) atoms. The Kier molecular flexibility index (Phi) is 6.03. The first-order valence-corrected chi connectivity index (χ1v) is 13.1. The largest absolute Gasteiger partial charge is 0.496 e. The fourth-order valence-electron chi connectivity index (χ4n) is 6.03. The molecular formula is C30H34N4O3. The Morgan fingerprint density at radius 3 is 2.59 bits per heavy atom. The van der Waals surface area contributed by atoms with Crippen molar-refractivity contribution in [2.45, 2.75) is 38.5 Å². The zero-order valence-corrected chi connectivity index (χ0v) is 22.1. The van der Waals surface area contributed by atoms with Crippen molar-refractivity contribution in [3.8, 4) is 16.9 Å². The standard InChI is InChI=1S/C30H34N4O3/c1-19-12-25-27(33(3)30(19)35)14-22(20-7-10-37-11-8-20)15-28(25)34-9-5-6-21-13-24(23-17-31-32(2)18-23)29(36-4)16-26(21)34/h12-18,20H,5-11H2,1-4H3. The van der Waals surface area contributed by atoms with E-state index in [2.05, 4.69) is 40.3 Å². The van der Waals surface area contributed by atoms with Crippen LogP contribution in [0.1, 0.15) is 41.9 Å². The zero-order valence-electron chi connectivity index (χ0n) is 22.1. The van der Waals surface area contributed by atoms with Gasteiger partial charge in [-0.1, -0.05) is 0 Å². The van der Waals surface area contributed by atoms with Gasteiger partial charge in [0.05, 0.1) is 24.5 Å². The molecule has 4 heterocycles. The Bertz CT molecular complexity index is 1540. The van der Waals surface area contributed by atoms with E-state index in [1.807, 2.05) is 42.7 Å². The van der Waals surface area contributed by atoms with E-state index >= 15 is 0 Å². The molecule has 0 atom stereocenters. The minimum absolute atomic E-state index is 0.0596.